The summed E-state index contributed by atoms with van der Waals surface area (Å²) in [7, 11) is 0. The predicted octanol–water partition coefficient (Wildman–Crippen LogP) is 6.92. The van der Waals surface area contributed by atoms with E-state index < -0.39 is 18.4 Å². The molecular formula is C25H38O2Sn. The fraction of sp³-hybridized carbons (Fsp3) is 0.560. The van der Waals surface area contributed by atoms with Crippen molar-refractivity contribution >= 4 is 24.3 Å². The molecule has 0 unspecified atom stereocenters. The zero-order valence-corrected chi connectivity index (χ0v) is 21.2. The van der Waals surface area contributed by atoms with E-state index in [0.29, 0.717) is 6.61 Å². The normalized spacial score (nSPS) is 11.6. The van der Waals surface area contributed by atoms with Gasteiger partial charge in [-0.1, -0.05) is 0 Å². The molecule has 0 N–H and O–H groups in total. The van der Waals surface area contributed by atoms with E-state index in [4.69, 9.17) is 4.74 Å². The average molecular weight is 489 g/mol. The summed E-state index contributed by atoms with van der Waals surface area (Å²) >= 11 is -2.87. The van der Waals surface area contributed by atoms with Crippen LogP contribution in [0.2, 0.25) is 13.3 Å². The molecule has 0 heterocycles. The standard InChI is InChI=1S/C13H11O2.3C4H9.Sn/c1-2-15-13(14)11-7-6-10-12-8-4-3-5-9-12;3*1-3-4-2;/h3-5,7-9H,2H2,1H3;3*1,3-4H2,2H3;. The molecule has 0 aliphatic carbocycles. The van der Waals surface area contributed by atoms with Crippen LogP contribution in [-0.4, -0.2) is 31.0 Å². The van der Waals surface area contributed by atoms with Crippen molar-refractivity contribution < 1.29 is 9.53 Å². The summed E-state index contributed by atoms with van der Waals surface area (Å²) in [5.74, 6) is 6.33. The van der Waals surface area contributed by atoms with Crippen LogP contribution >= 0.6 is 0 Å². The zero-order valence-electron chi connectivity index (χ0n) is 18.4. The van der Waals surface area contributed by atoms with Crippen LogP contribution in [0.15, 0.2) is 40.0 Å². The van der Waals surface area contributed by atoms with Crippen LogP contribution in [0.25, 0.3) is 0 Å². The van der Waals surface area contributed by atoms with Crippen molar-refractivity contribution in [3.8, 4) is 11.8 Å². The Balaban J connectivity index is 3.35. The number of rotatable bonds is 12. The Morgan fingerprint density at radius 3 is 1.93 bits per heavy atom. The van der Waals surface area contributed by atoms with E-state index in [1.165, 1.54) is 51.8 Å². The predicted molar refractivity (Wildman–Crippen MR) is 123 cm³/mol. The number of hydrogen-bond donors (Lipinski definition) is 0. The topological polar surface area (TPSA) is 26.3 Å². The number of carbonyl (C=O) groups is 1. The maximum atomic E-state index is 13.0. The quantitative estimate of drug-likeness (QED) is 0.138. The average Bonchev–Trinajstić information content (AvgIpc) is 2.72. The molecule has 0 spiro atoms. The van der Waals surface area contributed by atoms with Crippen LogP contribution in [0.1, 0.15) is 71.8 Å². The summed E-state index contributed by atoms with van der Waals surface area (Å²) in [6, 6.07) is 9.99. The number of hydrogen-bond acceptors (Lipinski definition) is 2. The first-order chi connectivity index (χ1) is 13.6. The Bertz CT molecular complexity index is 630. The minimum atomic E-state index is -2.87. The minimum absolute atomic E-state index is 0.0935. The van der Waals surface area contributed by atoms with E-state index in [0.717, 1.165) is 9.15 Å². The molecule has 0 fully saturated rings. The molecule has 0 saturated carbocycles. The Morgan fingerprint density at radius 2 is 1.46 bits per heavy atom. The second-order valence-electron chi connectivity index (χ2n) is 7.50. The monoisotopic (exact) mass is 490 g/mol. The third kappa shape index (κ3) is 8.43. The van der Waals surface area contributed by atoms with Gasteiger partial charge in [0.05, 0.1) is 0 Å². The first-order valence-electron chi connectivity index (χ1n) is 11.1. The second kappa shape index (κ2) is 14.7. The van der Waals surface area contributed by atoms with Crippen LogP contribution in [0.5, 0.6) is 0 Å². The van der Waals surface area contributed by atoms with Gasteiger partial charge in [-0.15, -0.1) is 0 Å². The number of allylic oxidation sites excluding steroid dienone is 1. The molecule has 0 radical (unpaired) electrons. The molecule has 0 atom stereocenters. The first kappa shape index (κ1) is 24.8. The van der Waals surface area contributed by atoms with Gasteiger partial charge < -0.3 is 0 Å². The van der Waals surface area contributed by atoms with Crippen LogP contribution in [0.4, 0.5) is 0 Å². The number of esters is 1. The molecule has 1 aromatic carbocycles. The van der Waals surface area contributed by atoms with Gasteiger partial charge >= 0.3 is 177 Å². The van der Waals surface area contributed by atoms with E-state index in [1.807, 2.05) is 43.3 Å². The van der Waals surface area contributed by atoms with Gasteiger partial charge in [0, 0.05) is 0 Å². The number of unbranched alkanes of at least 4 members (excludes halogenated alkanes) is 3. The van der Waals surface area contributed by atoms with Gasteiger partial charge in [-0.25, -0.2) is 0 Å². The van der Waals surface area contributed by atoms with Crippen molar-refractivity contribution in [3.05, 3.63) is 45.6 Å². The molecule has 28 heavy (non-hydrogen) atoms. The van der Waals surface area contributed by atoms with Crippen molar-refractivity contribution in [1.82, 2.24) is 0 Å². The van der Waals surface area contributed by atoms with Gasteiger partial charge in [0.15, 0.2) is 0 Å². The molecule has 154 valence electrons. The van der Waals surface area contributed by atoms with Gasteiger partial charge in [0.25, 0.3) is 0 Å². The van der Waals surface area contributed by atoms with Gasteiger partial charge in [-0.2, -0.15) is 0 Å². The summed E-state index contributed by atoms with van der Waals surface area (Å²) in [5.41, 5.74) is 0.985. The summed E-state index contributed by atoms with van der Waals surface area (Å²) in [4.78, 5) is 13.0. The Hall–Kier alpha value is -1.21. The fourth-order valence-electron chi connectivity index (χ4n) is 3.67. The third-order valence-electron chi connectivity index (χ3n) is 5.30. The molecule has 0 bridgehead atoms. The molecule has 2 nitrogen and oxygen atoms in total. The summed E-state index contributed by atoms with van der Waals surface area (Å²) in [6.07, 6.45) is 9.14. The Morgan fingerprint density at radius 1 is 0.929 bits per heavy atom. The van der Waals surface area contributed by atoms with Crippen LogP contribution < -0.4 is 0 Å². The molecular weight excluding hydrogens is 451 g/mol. The summed E-state index contributed by atoms with van der Waals surface area (Å²) in [5, 5.41) is 0. The molecule has 1 rings (SSSR count). The van der Waals surface area contributed by atoms with Gasteiger partial charge in [0.2, 0.25) is 0 Å². The molecule has 3 heteroatoms. The van der Waals surface area contributed by atoms with Crippen molar-refractivity contribution in [2.24, 2.45) is 0 Å². The number of carbonyl (C=O) groups excluding carboxylic acids is 1. The van der Waals surface area contributed by atoms with E-state index in [9.17, 15) is 4.79 Å². The van der Waals surface area contributed by atoms with Crippen LogP contribution in [0, 0.1) is 11.8 Å². The van der Waals surface area contributed by atoms with Crippen molar-refractivity contribution in [3.63, 3.8) is 0 Å². The SMILES string of the molecule is CCC[CH2][Sn]([CH2]CCC)([CH2]CCC)/[C](=C\C#Cc1ccccc1)C(=O)OCC. The Labute approximate surface area is 177 Å². The van der Waals surface area contributed by atoms with Crippen LogP contribution in [-0.2, 0) is 9.53 Å². The van der Waals surface area contributed by atoms with Gasteiger partial charge in [-0.3, -0.25) is 0 Å². The molecule has 0 amide bonds. The van der Waals surface area contributed by atoms with E-state index in [2.05, 4.69) is 32.6 Å². The third-order valence-corrected chi connectivity index (χ3v) is 20.8. The summed E-state index contributed by atoms with van der Waals surface area (Å²) in [6.45, 7) is 9.07. The number of ether oxygens (including phenoxy) is 1. The molecule has 0 aromatic heterocycles. The van der Waals surface area contributed by atoms with Crippen molar-refractivity contribution in [2.75, 3.05) is 6.61 Å². The van der Waals surface area contributed by atoms with Crippen molar-refractivity contribution in [1.29, 1.82) is 0 Å². The van der Waals surface area contributed by atoms with E-state index in [1.54, 1.807) is 0 Å². The molecule has 0 aliphatic heterocycles. The molecule has 0 saturated heterocycles. The van der Waals surface area contributed by atoms with Crippen molar-refractivity contribution in [2.45, 2.75) is 79.5 Å². The molecule has 1 aromatic rings. The summed E-state index contributed by atoms with van der Waals surface area (Å²) < 4.78 is 10.2. The van der Waals surface area contributed by atoms with E-state index >= 15 is 0 Å². The zero-order chi connectivity index (χ0) is 20.7. The van der Waals surface area contributed by atoms with E-state index in [-0.39, 0.29) is 5.97 Å². The maximum absolute atomic E-state index is 13.0. The fourth-order valence-corrected chi connectivity index (χ4v) is 19.5. The Kier molecular flexibility index (Phi) is 13.1. The van der Waals surface area contributed by atoms with Crippen LogP contribution in [0.3, 0.4) is 0 Å². The number of benzene rings is 1. The van der Waals surface area contributed by atoms with Gasteiger partial charge in [-0.05, 0) is 0 Å². The second-order valence-corrected chi connectivity index (χ2v) is 20.6. The molecule has 0 aliphatic rings. The van der Waals surface area contributed by atoms with Gasteiger partial charge in [0.1, 0.15) is 0 Å². The first-order valence-corrected chi connectivity index (χ1v) is 18.6.